The molecule has 4 nitrogen and oxygen atoms in total. The second-order valence-electron chi connectivity index (χ2n) is 4.85. The van der Waals surface area contributed by atoms with Crippen LogP contribution in [0, 0.1) is 0 Å². The molecule has 0 bridgehead atoms. The minimum Gasteiger partial charge on any atom is -0.330 e. The van der Waals surface area contributed by atoms with E-state index < -0.39 is 0 Å². The molecule has 1 saturated heterocycles. The van der Waals surface area contributed by atoms with Crippen molar-refractivity contribution in [3.05, 3.63) is 48.3 Å². The molecular formula is C14H18N4. The largest absolute Gasteiger partial charge is 0.330 e. The van der Waals surface area contributed by atoms with Crippen molar-refractivity contribution in [1.82, 2.24) is 19.9 Å². The van der Waals surface area contributed by atoms with Crippen LogP contribution in [0.1, 0.15) is 30.0 Å². The van der Waals surface area contributed by atoms with Gasteiger partial charge in [-0.3, -0.25) is 4.98 Å². The molecule has 18 heavy (non-hydrogen) atoms. The fourth-order valence-electron chi connectivity index (χ4n) is 2.59. The predicted octanol–water partition coefficient (Wildman–Crippen LogP) is 1.79. The van der Waals surface area contributed by atoms with Crippen LogP contribution in [0.2, 0.25) is 0 Å². The number of aromatic nitrogens is 3. The summed E-state index contributed by atoms with van der Waals surface area (Å²) in [5.41, 5.74) is 2.62. The van der Waals surface area contributed by atoms with E-state index in [1.165, 1.54) is 24.1 Å². The highest BCUT2D eigenvalue weighted by Crippen LogP contribution is 2.23. The van der Waals surface area contributed by atoms with E-state index in [1.54, 1.807) is 0 Å². The minimum absolute atomic E-state index is 0.600. The van der Waals surface area contributed by atoms with Crippen molar-refractivity contribution in [3.8, 4) is 0 Å². The SMILES string of the molecule is c1cc(Cn2cncc2C2CCCNC2)ccn1. The summed E-state index contributed by atoms with van der Waals surface area (Å²) in [6.07, 6.45) is 10.1. The summed E-state index contributed by atoms with van der Waals surface area (Å²) in [5.74, 6) is 0.600. The van der Waals surface area contributed by atoms with Gasteiger partial charge in [-0.25, -0.2) is 4.98 Å². The Labute approximate surface area is 107 Å². The van der Waals surface area contributed by atoms with Crippen molar-refractivity contribution in [2.24, 2.45) is 0 Å². The molecule has 94 valence electrons. The van der Waals surface area contributed by atoms with Gasteiger partial charge in [0, 0.05) is 43.3 Å². The highest BCUT2D eigenvalue weighted by Gasteiger charge is 2.18. The minimum atomic E-state index is 0.600. The smallest absolute Gasteiger partial charge is 0.0951 e. The Balaban J connectivity index is 1.78. The lowest BCUT2D eigenvalue weighted by atomic mass is 9.96. The number of imidazole rings is 1. The molecule has 3 heterocycles. The monoisotopic (exact) mass is 242 g/mol. The summed E-state index contributed by atoms with van der Waals surface area (Å²) in [5, 5.41) is 3.46. The van der Waals surface area contributed by atoms with Crippen LogP contribution in [0.15, 0.2) is 37.1 Å². The molecule has 1 fully saturated rings. The summed E-state index contributed by atoms with van der Waals surface area (Å²) < 4.78 is 2.26. The van der Waals surface area contributed by atoms with E-state index in [0.29, 0.717) is 5.92 Å². The van der Waals surface area contributed by atoms with Crippen LogP contribution < -0.4 is 5.32 Å². The summed E-state index contributed by atoms with van der Waals surface area (Å²) in [4.78, 5) is 8.37. The lowest BCUT2D eigenvalue weighted by molar-refractivity contribution is 0.444. The average molecular weight is 242 g/mol. The number of nitrogens with zero attached hydrogens (tertiary/aromatic N) is 3. The van der Waals surface area contributed by atoms with E-state index >= 15 is 0 Å². The molecule has 0 saturated carbocycles. The molecule has 1 aliphatic heterocycles. The molecule has 3 rings (SSSR count). The van der Waals surface area contributed by atoms with Gasteiger partial charge in [0.25, 0.3) is 0 Å². The fraction of sp³-hybridized carbons (Fsp3) is 0.429. The molecule has 1 atom stereocenters. The topological polar surface area (TPSA) is 42.7 Å². The van der Waals surface area contributed by atoms with E-state index in [2.05, 4.69) is 32.0 Å². The molecule has 0 radical (unpaired) electrons. The van der Waals surface area contributed by atoms with Crippen molar-refractivity contribution < 1.29 is 0 Å². The van der Waals surface area contributed by atoms with Gasteiger partial charge >= 0.3 is 0 Å². The highest BCUT2D eigenvalue weighted by molar-refractivity contribution is 5.15. The first-order valence-corrected chi connectivity index (χ1v) is 6.53. The zero-order chi connectivity index (χ0) is 12.2. The van der Waals surface area contributed by atoms with E-state index in [9.17, 15) is 0 Å². The number of hydrogen-bond acceptors (Lipinski definition) is 3. The van der Waals surface area contributed by atoms with Gasteiger partial charge in [0.1, 0.15) is 0 Å². The van der Waals surface area contributed by atoms with E-state index in [4.69, 9.17) is 0 Å². The summed E-state index contributed by atoms with van der Waals surface area (Å²) in [7, 11) is 0. The van der Waals surface area contributed by atoms with Crippen molar-refractivity contribution in [3.63, 3.8) is 0 Å². The van der Waals surface area contributed by atoms with Crippen LogP contribution >= 0.6 is 0 Å². The van der Waals surface area contributed by atoms with Crippen molar-refractivity contribution in [1.29, 1.82) is 0 Å². The molecule has 1 aliphatic rings. The van der Waals surface area contributed by atoms with Crippen LogP contribution in [-0.2, 0) is 6.54 Å². The summed E-state index contributed by atoms with van der Waals surface area (Å²) >= 11 is 0. The maximum atomic E-state index is 4.31. The molecule has 0 aliphatic carbocycles. The first-order chi connectivity index (χ1) is 8.93. The Morgan fingerprint density at radius 1 is 1.28 bits per heavy atom. The fourth-order valence-corrected chi connectivity index (χ4v) is 2.59. The maximum Gasteiger partial charge on any atom is 0.0951 e. The third kappa shape index (κ3) is 2.43. The van der Waals surface area contributed by atoms with Crippen LogP contribution in [-0.4, -0.2) is 27.6 Å². The molecule has 0 spiro atoms. The number of hydrogen-bond donors (Lipinski definition) is 1. The molecule has 1 N–H and O–H groups in total. The van der Waals surface area contributed by atoms with Gasteiger partial charge < -0.3 is 9.88 Å². The molecule has 4 heteroatoms. The van der Waals surface area contributed by atoms with Gasteiger partial charge in [-0.05, 0) is 37.1 Å². The number of pyridine rings is 1. The molecule has 0 amide bonds. The van der Waals surface area contributed by atoms with Gasteiger partial charge in [0.05, 0.1) is 6.33 Å². The zero-order valence-corrected chi connectivity index (χ0v) is 10.4. The molecule has 2 aromatic heterocycles. The van der Waals surface area contributed by atoms with Gasteiger partial charge in [0.15, 0.2) is 0 Å². The van der Waals surface area contributed by atoms with Crippen LogP contribution in [0.3, 0.4) is 0 Å². The summed E-state index contributed by atoms with van der Waals surface area (Å²) in [6, 6.07) is 4.12. The molecule has 1 unspecified atom stereocenters. The Kier molecular flexibility index (Phi) is 3.37. The van der Waals surface area contributed by atoms with Crippen LogP contribution in [0.5, 0.6) is 0 Å². The van der Waals surface area contributed by atoms with Crippen LogP contribution in [0.25, 0.3) is 0 Å². The van der Waals surface area contributed by atoms with Gasteiger partial charge in [0.2, 0.25) is 0 Å². The molecule has 0 aromatic carbocycles. The van der Waals surface area contributed by atoms with Crippen LogP contribution in [0.4, 0.5) is 0 Å². The molecule has 2 aromatic rings. The maximum absolute atomic E-state index is 4.31. The quantitative estimate of drug-likeness (QED) is 0.892. The Hall–Kier alpha value is -1.68. The highest BCUT2D eigenvalue weighted by atomic mass is 15.1. The zero-order valence-electron chi connectivity index (χ0n) is 10.4. The normalized spacial score (nSPS) is 19.9. The number of rotatable bonds is 3. The third-order valence-corrected chi connectivity index (χ3v) is 3.56. The Bertz CT molecular complexity index is 486. The second kappa shape index (κ2) is 5.31. The van der Waals surface area contributed by atoms with E-state index in [0.717, 1.165) is 19.6 Å². The summed E-state index contributed by atoms with van der Waals surface area (Å²) in [6.45, 7) is 3.10. The van der Waals surface area contributed by atoms with Crippen molar-refractivity contribution in [2.75, 3.05) is 13.1 Å². The Morgan fingerprint density at radius 2 is 2.17 bits per heavy atom. The predicted molar refractivity (Wildman–Crippen MR) is 70.4 cm³/mol. The first kappa shape index (κ1) is 11.4. The Morgan fingerprint density at radius 3 is 2.94 bits per heavy atom. The van der Waals surface area contributed by atoms with Crippen molar-refractivity contribution in [2.45, 2.75) is 25.3 Å². The van der Waals surface area contributed by atoms with Gasteiger partial charge in [-0.1, -0.05) is 0 Å². The number of piperidine rings is 1. The van der Waals surface area contributed by atoms with E-state index in [1.807, 2.05) is 24.9 Å². The average Bonchev–Trinajstić information content (AvgIpc) is 2.89. The second-order valence-corrected chi connectivity index (χ2v) is 4.85. The standard InChI is InChI=1S/C14H18N4/c1-2-13(8-16-5-1)14-9-17-11-18(14)10-12-3-6-15-7-4-12/h3-4,6-7,9,11,13,16H,1-2,5,8,10H2. The lowest BCUT2D eigenvalue weighted by Crippen LogP contribution is -2.29. The van der Waals surface area contributed by atoms with E-state index in [-0.39, 0.29) is 0 Å². The van der Waals surface area contributed by atoms with Gasteiger partial charge in [-0.2, -0.15) is 0 Å². The molecular weight excluding hydrogens is 224 g/mol. The number of nitrogens with one attached hydrogen (secondary N) is 1. The lowest BCUT2D eigenvalue weighted by Gasteiger charge is -2.23. The van der Waals surface area contributed by atoms with Crippen molar-refractivity contribution >= 4 is 0 Å². The van der Waals surface area contributed by atoms with Gasteiger partial charge in [-0.15, -0.1) is 0 Å². The first-order valence-electron chi connectivity index (χ1n) is 6.53. The third-order valence-electron chi connectivity index (χ3n) is 3.56.